The van der Waals surface area contributed by atoms with Crippen molar-refractivity contribution in [2.75, 3.05) is 14.2 Å². The molecule has 90 valence electrons. The van der Waals surface area contributed by atoms with Gasteiger partial charge in [0, 0.05) is 10.9 Å². The van der Waals surface area contributed by atoms with E-state index in [4.69, 9.17) is 4.74 Å². The molecule has 0 saturated heterocycles. The molecule has 1 atom stereocenters. The largest absolute Gasteiger partial charge is 0.497 e. The number of thiophene rings is 1. The van der Waals surface area contributed by atoms with Gasteiger partial charge in [-0.3, -0.25) is 0 Å². The van der Waals surface area contributed by atoms with Gasteiger partial charge >= 0.3 is 0 Å². The molecule has 2 nitrogen and oxygen atoms in total. The van der Waals surface area contributed by atoms with Gasteiger partial charge in [-0.2, -0.15) is 0 Å². The lowest BCUT2D eigenvalue weighted by atomic mass is 10.0. The minimum Gasteiger partial charge on any atom is -0.497 e. The number of hydrogen-bond acceptors (Lipinski definition) is 3. The summed E-state index contributed by atoms with van der Waals surface area (Å²) >= 11 is 1.80. The highest BCUT2D eigenvalue weighted by Gasteiger charge is 2.10. The fourth-order valence-corrected chi connectivity index (χ4v) is 2.67. The van der Waals surface area contributed by atoms with Gasteiger partial charge < -0.3 is 10.1 Å². The van der Waals surface area contributed by atoms with Crippen LogP contribution in [-0.4, -0.2) is 14.2 Å². The van der Waals surface area contributed by atoms with Crippen LogP contribution >= 0.6 is 11.3 Å². The molecule has 1 heterocycles. The predicted octanol–water partition coefficient (Wildman–Crippen LogP) is 3.26. The Hall–Kier alpha value is -1.32. The van der Waals surface area contributed by atoms with Crippen molar-refractivity contribution in [2.45, 2.75) is 12.5 Å². The molecule has 0 saturated carbocycles. The van der Waals surface area contributed by atoms with E-state index in [2.05, 4.69) is 35.0 Å². The van der Waals surface area contributed by atoms with Gasteiger partial charge in [-0.05, 0) is 42.6 Å². The Morgan fingerprint density at radius 3 is 2.53 bits per heavy atom. The summed E-state index contributed by atoms with van der Waals surface area (Å²) < 4.78 is 5.16. The first-order valence-electron chi connectivity index (χ1n) is 5.67. The highest BCUT2D eigenvalue weighted by molar-refractivity contribution is 7.10. The van der Waals surface area contributed by atoms with Gasteiger partial charge in [-0.1, -0.05) is 18.2 Å². The lowest BCUT2D eigenvalue weighted by molar-refractivity contribution is 0.414. The summed E-state index contributed by atoms with van der Waals surface area (Å²) in [6.07, 6.45) is 1.00. The second-order valence-corrected chi connectivity index (χ2v) is 4.89. The van der Waals surface area contributed by atoms with Gasteiger partial charge in [-0.15, -0.1) is 11.3 Å². The van der Waals surface area contributed by atoms with Crippen molar-refractivity contribution in [1.82, 2.24) is 5.32 Å². The summed E-state index contributed by atoms with van der Waals surface area (Å²) in [6, 6.07) is 12.9. The van der Waals surface area contributed by atoms with Crippen LogP contribution in [0.4, 0.5) is 0 Å². The Morgan fingerprint density at radius 2 is 2.00 bits per heavy atom. The van der Waals surface area contributed by atoms with E-state index in [0.29, 0.717) is 6.04 Å². The summed E-state index contributed by atoms with van der Waals surface area (Å²) in [6.45, 7) is 0. The van der Waals surface area contributed by atoms with E-state index in [9.17, 15) is 0 Å². The van der Waals surface area contributed by atoms with E-state index in [1.807, 2.05) is 19.2 Å². The third-order valence-corrected chi connectivity index (χ3v) is 3.82. The van der Waals surface area contributed by atoms with Crippen LogP contribution in [0.5, 0.6) is 5.75 Å². The van der Waals surface area contributed by atoms with Crippen LogP contribution in [0.2, 0.25) is 0 Å². The summed E-state index contributed by atoms with van der Waals surface area (Å²) in [5.74, 6) is 0.908. The molecule has 0 aliphatic rings. The van der Waals surface area contributed by atoms with Gasteiger partial charge in [-0.25, -0.2) is 0 Å². The number of benzene rings is 1. The minimum absolute atomic E-state index is 0.392. The van der Waals surface area contributed by atoms with Crippen molar-refractivity contribution in [2.24, 2.45) is 0 Å². The highest BCUT2D eigenvalue weighted by Crippen LogP contribution is 2.23. The topological polar surface area (TPSA) is 21.3 Å². The maximum Gasteiger partial charge on any atom is 0.118 e. The molecule has 0 fully saturated rings. The van der Waals surface area contributed by atoms with Crippen molar-refractivity contribution >= 4 is 11.3 Å². The number of methoxy groups -OCH3 is 1. The molecule has 0 aliphatic heterocycles. The first kappa shape index (κ1) is 12.1. The molecule has 2 aromatic rings. The van der Waals surface area contributed by atoms with Crippen molar-refractivity contribution in [1.29, 1.82) is 0 Å². The summed E-state index contributed by atoms with van der Waals surface area (Å²) in [5, 5.41) is 5.48. The van der Waals surface area contributed by atoms with E-state index in [-0.39, 0.29) is 0 Å². The Labute approximate surface area is 106 Å². The Balaban J connectivity index is 2.07. The molecule has 1 aromatic carbocycles. The smallest absolute Gasteiger partial charge is 0.118 e. The van der Waals surface area contributed by atoms with E-state index in [0.717, 1.165) is 12.2 Å². The van der Waals surface area contributed by atoms with Crippen molar-refractivity contribution in [3.05, 3.63) is 52.2 Å². The summed E-state index contributed by atoms with van der Waals surface area (Å²) in [7, 11) is 3.70. The van der Waals surface area contributed by atoms with Crippen molar-refractivity contribution in [3.63, 3.8) is 0 Å². The second kappa shape index (κ2) is 5.84. The zero-order valence-electron chi connectivity index (χ0n) is 10.1. The average molecular weight is 247 g/mol. The average Bonchev–Trinajstić information content (AvgIpc) is 2.90. The van der Waals surface area contributed by atoms with E-state index in [1.54, 1.807) is 18.4 Å². The van der Waals surface area contributed by atoms with Crippen LogP contribution in [0.25, 0.3) is 0 Å². The van der Waals surface area contributed by atoms with Gasteiger partial charge in [0.2, 0.25) is 0 Å². The minimum atomic E-state index is 0.392. The van der Waals surface area contributed by atoms with E-state index < -0.39 is 0 Å². The van der Waals surface area contributed by atoms with Crippen molar-refractivity contribution in [3.8, 4) is 5.75 Å². The molecule has 3 heteroatoms. The van der Waals surface area contributed by atoms with Crippen LogP contribution < -0.4 is 10.1 Å². The molecule has 17 heavy (non-hydrogen) atoms. The fraction of sp³-hybridized carbons (Fsp3) is 0.286. The normalized spacial score (nSPS) is 12.4. The van der Waals surface area contributed by atoms with Crippen LogP contribution in [-0.2, 0) is 6.42 Å². The predicted molar refractivity (Wildman–Crippen MR) is 72.8 cm³/mol. The van der Waals surface area contributed by atoms with Gasteiger partial charge in [0.05, 0.1) is 7.11 Å². The summed E-state index contributed by atoms with van der Waals surface area (Å²) in [4.78, 5) is 1.38. The van der Waals surface area contributed by atoms with Crippen LogP contribution in [0, 0.1) is 0 Å². The van der Waals surface area contributed by atoms with Gasteiger partial charge in [0.1, 0.15) is 5.75 Å². The number of hydrogen-bond donors (Lipinski definition) is 1. The quantitative estimate of drug-likeness (QED) is 0.875. The van der Waals surface area contributed by atoms with Gasteiger partial charge in [0.15, 0.2) is 0 Å². The second-order valence-electron chi connectivity index (χ2n) is 3.91. The molecule has 0 amide bonds. The standard InChI is InChI=1S/C14H17NOS/c1-15-13(14-4-3-9-17-14)10-11-5-7-12(16-2)8-6-11/h3-9,13,15H,10H2,1-2H3. The van der Waals surface area contributed by atoms with Crippen LogP contribution in [0.3, 0.4) is 0 Å². The number of rotatable bonds is 5. The molecule has 0 radical (unpaired) electrons. The molecule has 1 aromatic heterocycles. The third-order valence-electron chi connectivity index (χ3n) is 2.83. The molecule has 1 N–H and O–H groups in total. The van der Waals surface area contributed by atoms with Crippen molar-refractivity contribution < 1.29 is 4.74 Å². The molecule has 0 aliphatic carbocycles. The first-order chi connectivity index (χ1) is 8.33. The third kappa shape index (κ3) is 3.08. The molecule has 0 spiro atoms. The Bertz CT molecular complexity index is 436. The lowest BCUT2D eigenvalue weighted by Gasteiger charge is -2.14. The molecule has 1 unspecified atom stereocenters. The fourth-order valence-electron chi connectivity index (χ4n) is 1.83. The first-order valence-corrected chi connectivity index (χ1v) is 6.55. The van der Waals surface area contributed by atoms with E-state index >= 15 is 0 Å². The maximum atomic E-state index is 5.16. The van der Waals surface area contributed by atoms with Crippen LogP contribution in [0.1, 0.15) is 16.5 Å². The molecular weight excluding hydrogens is 230 g/mol. The SMILES string of the molecule is CNC(Cc1ccc(OC)cc1)c1cccs1. The number of likely N-dealkylation sites (N-methyl/N-ethyl adjacent to an activating group) is 1. The highest BCUT2D eigenvalue weighted by atomic mass is 32.1. The zero-order valence-corrected chi connectivity index (χ0v) is 11.0. The molecular formula is C14H17NOS. The lowest BCUT2D eigenvalue weighted by Crippen LogP contribution is -2.17. The Morgan fingerprint density at radius 1 is 1.24 bits per heavy atom. The van der Waals surface area contributed by atoms with Gasteiger partial charge in [0.25, 0.3) is 0 Å². The molecule has 2 rings (SSSR count). The zero-order chi connectivity index (χ0) is 12.1. The number of ether oxygens (including phenoxy) is 1. The van der Waals surface area contributed by atoms with E-state index in [1.165, 1.54) is 10.4 Å². The number of nitrogens with one attached hydrogen (secondary N) is 1. The molecule has 0 bridgehead atoms. The Kier molecular flexibility index (Phi) is 4.18. The van der Waals surface area contributed by atoms with Crippen LogP contribution in [0.15, 0.2) is 41.8 Å². The maximum absolute atomic E-state index is 5.16. The monoisotopic (exact) mass is 247 g/mol. The summed E-state index contributed by atoms with van der Waals surface area (Å²) in [5.41, 5.74) is 1.32.